The molecule has 1 aromatic heterocycles. The number of rotatable bonds is 7. The highest BCUT2D eigenvalue weighted by Gasteiger charge is 2.22. The summed E-state index contributed by atoms with van der Waals surface area (Å²) >= 11 is 1.47. The standard InChI is InChI=1S/C21H29N3O3S/c1-14-7-15(2)11-24(10-14)12-17-13-28-21(22-17)23-20(25)8-16-5-6-18(26-3)9-19(16)27-4/h5-6,9,13-15H,7-8,10-12H2,1-4H3,(H,22,23,25). The third-order valence-electron chi connectivity index (χ3n) is 4.97. The van der Waals surface area contributed by atoms with Crippen LogP contribution < -0.4 is 14.8 Å². The zero-order valence-electron chi connectivity index (χ0n) is 17.0. The van der Waals surface area contributed by atoms with Crippen LogP contribution >= 0.6 is 11.3 Å². The van der Waals surface area contributed by atoms with Crippen molar-refractivity contribution in [2.24, 2.45) is 11.8 Å². The van der Waals surface area contributed by atoms with Crippen molar-refractivity contribution in [3.63, 3.8) is 0 Å². The molecule has 0 saturated carbocycles. The second-order valence-corrected chi connectivity index (χ2v) is 8.54. The molecular formula is C21H29N3O3S. The minimum Gasteiger partial charge on any atom is -0.497 e. The topological polar surface area (TPSA) is 63.7 Å². The Hall–Kier alpha value is -2.12. The number of aromatic nitrogens is 1. The molecular weight excluding hydrogens is 374 g/mol. The zero-order valence-corrected chi connectivity index (χ0v) is 17.8. The largest absolute Gasteiger partial charge is 0.497 e. The molecule has 6 nitrogen and oxygen atoms in total. The van der Waals surface area contributed by atoms with Crippen LogP contribution in [0.5, 0.6) is 11.5 Å². The van der Waals surface area contributed by atoms with Crippen LogP contribution in [-0.2, 0) is 17.8 Å². The number of amides is 1. The van der Waals surface area contributed by atoms with E-state index in [4.69, 9.17) is 9.47 Å². The lowest BCUT2D eigenvalue weighted by Crippen LogP contribution is -2.38. The Bertz CT molecular complexity index is 798. The molecule has 2 atom stereocenters. The number of methoxy groups -OCH3 is 2. The second-order valence-electron chi connectivity index (χ2n) is 7.69. The molecule has 0 spiro atoms. The van der Waals surface area contributed by atoms with Gasteiger partial charge in [-0.25, -0.2) is 4.98 Å². The molecule has 152 valence electrons. The quantitative estimate of drug-likeness (QED) is 0.761. The van der Waals surface area contributed by atoms with Crippen molar-refractivity contribution < 1.29 is 14.3 Å². The van der Waals surface area contributed by atoms with Crippen molar-refractivity contribution in [1.82, 2.24) is 9.88 Å². The lowest BCUT2D eigenvalue weighted by Gasteiger charge is -2.34. The number of thiazole rings is 1. The van der Waals surface area contributed by atoms with E-state index in [0.29, 0.717) is 16.6 Å². The molecule has 1 aliphatic heterocycles. The number of hydrogen-bond donors (Lipinski definition) is 1. The number of likely N-dealkylation sites (tertiary alicyclic amines) is 1. The van der Waals surface area contributed by atoms with E-state index in [1.165, 1.54) is 17.8 Å². The Kier molecular flexibility index (Phi) is 6.91. The Morgan fingerprint density at radius 2 is 2.00 bits per heavy atom. The van der Waals surface area contributed by atoms with Crippen LogP contribution in [0.4, 0.5) is 5.13 Å². The van der Waals surface area contributed by atoms with E-state index in [1.54, 1.807) is 20.3 Å². The maximum Gasteiger partial charge on any atom is 0.230 e. The van der Waals surface area contributed by atoms with Gasteiger partial charge in [0.2, 0.25) is 5.91 Å². The van der Waals surface area contributed by atoms with E-state index in [2.05, 4.69) is 29.0 Å². The number of benzene rings is 1. The highest BCUT2D eigenvalue weighted by atomic mass is 32.1. The van der Waals surface area contributed by atoms with Crippen LogP contribution in [0.1, 0.15) is 31.5 Å². The van der Waals surface area contributed by atoms with E-state index in [9.17, 15) is 4.79 Å². The summed E-state index contributed by atoms with van der Waals surface area (Å²) in [6.07, 6.45) is 1.52. The fourth-order valence-corrected chi connectivity index (χ4v) is 4.64. The minimum absolute atomic E-state index is 0.107. The predicted octanol–water partition coefficient (Wildman–Crippen LogP) is 3.82. The van der Waals surface area contributed by atoms with E-state index in [0.717, 1.165) is 42.7 Å². The highest BCUT2D eigenvalue weighted by molar-refractivity contribution is 7.13. The Balaban J connectivity index is 1.57. The lowest BCUT2D eigenvalue weighted by atomic mass is 9.92. The third-order valence-corrected chi connectivity index (χ3v) is 5.78. The van der Waals surface area contributed by atoms with Crippen molar-refractivity contribution in [1.29, 1.82) is 0 Å². The average Bonchev–Trinajstić information content (AvgIpc) is 3.07. The molecule has 3 rings (SSSR count). The van der Waals surface area contributed by atoms with E-state index in [-0.39, 0.29) is 12.3 Å². The van der Waals surface area contributed by atoms with Gasteiger partial charge in [0.1, 0.15) is 11.5 Å². The monoisotopic (exact) mass is 403 g/mol. The molecule has 1 amide bonds. The van der Waals surface area contributed by atoms with E-state index >= 15 is 0 Å². The lowest BCUT2D eigenvalue weighted by molar-refractivity contribution is -0.115. The van der Waals surface area contributed by atoms with Crippen molar-refractivity contribution >= 4 is 22.4 Å². The smallest absolute Gasteiger partial charge is 0.230 e. The number of ether oxygens (including phenoxy) is 2. The van der Waals surface area contributed by atoms with Crippen molar-refractivity contribution in [2.45, 2.75) is 33.2 Å². The summed E-state index contributed by atoms with van der Waals surface area (Å²) in [6, 6.07) is 5.46. The van der Waals surface area contributed by atoms with Gasteiger partial charge in [0.05, 0.1) is 26.3 Å². The molecule has 1 N–H and O–H groups in total. The maximum absolute atomic E-state index is 12.4. The van der Waals surface area contributed by atoms with Gasteiger partial charge in [0.15, 0.2) is 5.13 Å². The number of nitrogens with zero attached hydrogens (tertiary/aromatic N) is 2. The van der Waals surface area contributed by atoms with E-state index < -0.39 is 0 Å². The summed E-state index contributed by atoms with van der Waals surface area (Å²) in [4.78, 5) is 19.5. The van der Waals surface area contributed by atoms with Crippen molar-refractivity contribution in [2.75, 3.05) is 32.6 Å². The molecule has 0 radical (unpaired) electrons. The van der Waals surface area contributed by atoms with Crippen LogP contribution in [0.15, 0.2) is 23.6 Å². The molecule has 28 heavy (non-hydrogen) atoms. The van der Waals surface area contributed by atoms with Gasteiger partial charge in [-0.1, -0.05) is 19.9 Å². The highest BCUT2D eigenvalue weighted by Crippen LogP contribution is 2.26. The number of hydrogen-bond acceptors (Lipinski definition) is 6. The first-order valence-electron chi connectivity index (χ1n) is 9.64. The van der Waals surface area contributed by atoms with Gasteiger partial charge >= 0.3 is 0 Å². The van der Waals surface area contributed by atoms with Gasteiger partial charge in [0.25, 0.3) is 0 Å². The van der Waals surface area contributed by atoms with Gasteiger partial charge in [-0.3, -0.25) is 9.69 Å². The van der Waals surface area contributed by atoms with Crippen LogP contribution in [0, 0.1) is 11.8 Å². The fraction of sp³-hybridized carbons (Fsp3) is 0.524. The summed E-state index contributed by atoms with van der Waals surface area (Å²) in [7, 11) is 3.19. The number of anilines is 1. The average molecular weight is 404 g/mol. The Labute approximate surface area is 170 Å². The first kappa shape index (κ1) is 20.6. The van der Waals surface area contributed by atoms with Crippen LogP contribution in [0.3, 0.4) is 0 Å². The van der Waals surface area contributed by atoms with Crippen LogP contribution in [0.25, 0.3) is 0 Å². The molecule has 1 saturated heterocycles. The van der Waals surface area contributed by atoms with Crippen LogP contribution in [0.2, 0.25) is 0 Å². The molecule has 2 heterocycles. The zero-order chi connectivity index (χ0) is 20.1. The molecule has 2 unspecified atom stereocenters. The van der Waals surface area contributed by atoms with Crippen LogP contribution in [-0.4, -0.2) is 43.1 Å². The van der Waals surface area contributed by atoms with Crippen molar-refractivity contribution in [3.05, 3.63) is 34.8 Å². The first-order valence-corrected chi connectivity index (χ1v) is 10.5. The summed E-state index contributed by atoms with van der Waals surface area (Å²) in [5.41, 5.74) is 1.83. The summed E-state index contributed by atoms with van der Waals surface area (Å²) in [5.74, 6) is 2.68. The van der Waals surface area contributed by atoms with Gasteiger partial charge in [-0.2, -0.15) is 0 Å². The third kappa shape index (κ3) is 5.45. The molecule has 2 aromatic rings. The van der Waals surface area contributed by atoms with Crippen molar-refractivity contribution in [3.8, 4) is 11.5 Å². The minimum atomic E-state index is -0.107. The van der Waals surface area contributed by atoms with Gasteiger partial charge in [-0.15, -0.1) is 11.3 Å². The predicted molar refractivity (Wildman–Crippen MR) is 112 cm³/mol. The van der Waals surface area contributed by atoms with Gasteiger partial charge < -0.3 is 14.8 Å². The van der Waals surface area contributed by atoms with Gasteiger partial charge in [0, 0.05) is 36.6 Å². The molecule has 7 heteroatoms. The molecule has 1 aromatic carbocycles. The number of carbonyl (C=O) groups is 1. The molecule has 0 bridgehead atoms. The second kappa shape index (κ2) is 9.39. The maximum atomic E-state index is 12.4. The number of carbonyl (C=O) groups excluding carboxylic acids is 1. The molecule has 1 fully saturated rings. The summed E-state index contributed by atoms with van der Waals surface area (Å²) < 4.78 is 10.6. The normalized spacial score (nSPS) is 20.0. The summed E-state index contributed by atoms with van der Waals surface area (Å²) in [5, 5.41) is 5.59. The SMILES string of the molecule is COc1ccc(CC(=O)Nc2nc(CN3CC(C)CC(C)C3)cs2)c(OC)c1. The van der Waals surface area contributed by atoms with Gasteiger partial charge in [-0.05, 0) is 24.3 Å². The Morgan fingerprint density at radius 3 is 2.68 bits per heavy atom. The molecule has 0 aliphatic carbocycles. The van der Waals surface area contributed by atoms with E-state index in [1.807, 2.05) is 17.5 Å². The number of nitrogens with one attached hydrogen (secondary N) is 1. The molecule has 1 aliphatic rings. The fourth-order valence-electron chi connectivity index (χ4n) is 3.92. The Morgan fingerprint density at radius 1 is 1.25 bits per heavy atom. The first-order chi connectivity index (χ1) is 13.5. The number of piperidine rings is 1. The summed E-state index contributed by atoms with van der Waals surface area (Å²) in [6.45, 7) is 7.68.